The first-order chi connectivity index (χ1) is 13.5. The second-order valence-electron chi connectivity index (χ2n) is 6.27. The van der Waals surface area contributed by atoms with Crippen LogP contribution in [0.4, 0.5) is 10.1 Å². The molecular formula is C24H24FNO2. The average molecular weight is 377 g/mol. The Bertz CT molecular complexity index is 1030. The zero-order chi connectivity index (χ0) is 20.1. The van der Waals surface area contributed by atoms with Gasteiger partial charge in [0, 0.05) is 25.3 Å². The minimum atomic E-state index is -1.34. The van der Waals surface area contributed by atoms with Crippen LogP contribution < -0.4 is 10.1 Å². The lowest BCUT2D eigenvalue weighted by atomic mass is 10.1. The summed E-state index contributed by atoms with van der Waals surface area (Å²) >= 11 is 0. The molecule has 1 unspecified atom stereocenters. The number of halogens is 1. The average Bonchev–Trinajstić information content (AvgIpc) is 2.67. The Kier molecular flexibility index (Phi) is 5.80. The van der Waals surface area contributed by atoms with Crippen LogP contribution in [0.2, 0.25) is 0 Å². The van der Waals surface area contributed by atoms with E-state index in [1.54, 1.807) is 12.1 Å². The fourth-order valence-electron chi connectivity index (χ4n) is 2.84. The largest absolute Gasteiger partial charge is 0.466 e. The monoisotopic (exact) mass is 377 g/mol. The second-order valence-corrected chi connectivity index (χ2v) is 6.27. The SMILES string of the molecule is C=COC(=C)c1ccc2ccc(NC(=C)c3ccc(OC(C)F)cc3)cc2c1.[HH]. The van der Waals surface area contributed by atoms with Gasteiger partial charge in [0.25, 0.3) is 0 Å². The van der Waals surface area contributed by atoms with Crippen LogP contribution >= 0.6 is 0 Å². The summed E-state index contributed by atoms with van der Waals surface area (Å²) in [6, 6.07) is 19.2. The lowest BCUT2D eigenvalue weighted by Gasteiger charge is -2.13. The molecule has 0 amide bonds. The molecule has 144 valence electrons. The summed E-state index contributed by atoms with van der Waals surface area (Å²) in [5.74, 6) is 1.02. The Hall–Kier alpha value is -3.53. The van der Waals surface area contributed by atoms with Gasteiger partial charge in [-0.25, -0.2) is 4.39 Å². The number of anilines is 1. The Balaban J connectivity index is 0.00000300. The van der Waals surface area contributed by atoms with Gasteiger partial charge in [-0.15, -0.1) is 0 Å². The van der Waals surface area contributed by atoms with E-state index in [0.717, 1.165) is 33.3 Å². The molecule has 0 spiro atoms. The van der Waals surface area contributed by atoms with Crippen molar-refractivity contribution in [2.75, 3.05) is 5.32 Å². The molecule has 0 saturated heterocycles. The normalized spacial score (nSPS) is 11.5. The molecule has 1 atom stereocenters. The molecule has 3 aromatic rings. The molecule has 1 N–H and O–H groups in total. The van der Waals surface area contributed by atoms with Crippen LogP contribution in [-0.2, 0) is 4.74 Å². The van der Waals surface area contributed by atoms with Crippen molar-refractivity contribution in [2.24, 2.45) is 0 Å². The zero-order valence-corrected chi connectivity index (χ0v) is 15.7. The van der Waals surface area contributed by atoms with Gasteiger partial charge in [0.2, 0.25) is 6.36 Å². The van der Waals surface area contributed by atoms with Crippen molar-refractivity contribution in [1.82, 2.24) is 0 Å². The van der Waals surface area contributed by atoms with Crippen molar-refractivity contribution >= 4 is 27.9 Å². The maximum absolute atomic E-state index is 12.9. The van der Waals surface area contributed by atoms with Crippen molar-refractivity contribution in [3.8, 4) is 5.75 Å². The fourth-order valence-corrected chi connectivity index (χ4v) is 2.84. The number of benzene rings is 3. The van der Waals surface area contributed by atoms with E-state index in [1.165, 1.54) is 13.2 Å². The first kappa shape index (κ1) is 19.2. The van der Waals surface area contributed by atoms with Crippen molar-refractivity contribution in [2.45, 2.75) is 13.3 Å². The smallest absolute Gasteiger partial charge is 0.235 e. The summed E-state index contributed by atoms with van der Waals surface area (Å²) in [6.45, 7) is 12.9. The molecule has 0 heterocycles. The molecule has 0 aliphatic heterocycles. The van der Waals surface area contributed by atoms with Crippen LogP contribution in [0, 0.1) is 0 Å². The molecule has 3 aromatic carbocycles. The molecule has 0 radical (unpaired) electrons. The molecule has 3 nitrogen and oxygen atoms in total. The van der Waals surface area contributed by atoms with Crippen molar-refractivity contribution < 1.29 is 15.3 Å². The molecule has 4 heteroatoms. The van der Waals surface area contributed by atoms with E-state index in [2.05, 4.69) is 25.1 Å². The summed E-state index contributed by atoms with van der Waals surface area (Å²) in [5.41, 5.74) is 3.42. The molecule has 0 bridgehead atoms. The van der Waals surface area contributed by atoms with Gasteiger partial charge in [0.1, 0.15) is 11.5 Å². The highest BCUT2D eigenvalue weighted by Crippen LogP contribution is 2.26. The van der Waals surface area contributed by atoms with Gasteiger partial charge < -0.3 is 14.8 Å². The van der Waals surface area contributed by atoms with E-state index in [0.29, 0.717) is 11.5 Å². The van der Waals surface area contributed by atoms with E-state index in [-0.39, 0.29) is 1.43 Å². The summed E-state index contributed by atoms with van der Waals surface area (Å²) in [5, 5.41) is 5.46. The summed E-state index contributed by atoms with van der Waals surface area (Å²) in [4.78, 5) is 0. The number of ether oxygens (including phenoxy) is 2. The quantitative estimate of drug-likeness (QED) is 0.429. The zero-order valence-electron chi connectivity index (χ0n) is 15.7. The highest BCUT2D eigenvalue weighted by Gasteiger charge is 2.05. The molecule has 0 saturated carbocycles. The maximum atomic E-state index is 12.9. The molecule has 0 aromatic heterocycles. The Morgan fingerprint density at radius 2 is 1.68 bits per heavy atom. The molecule has 0 aliphatic carbocycles. The maximum Gasteiger partial charge on any atom is 0.235 e. The number of alkyl halides is 1. The first-order valence-electron chi connectivity index (χ1n) is 8.84. The van der Waals surface area contributed by atoms with Crippen LogP contribution in [0.1, 0.15) is 19.5 Å². The summed E-state index contributed by atoms with van der Waals surface area (Å²) in [6.07, 6.45) is 0.0154. The Morgan fingerprint density at radius 3 is 2.36 bits per heavy atom. The van der Waals surface area contributed by atoms with Crippen LogP contribution in [0.5, 0.6) is 5.75 Å². The number of rotatable bonds is 8. The molecule has 0 fully saturated rings. The third-order valence-corrected chi connectivity index (χ3v) is 4.18. The number of nitrogens with one attached hydrogen (secondary N) is 1. The predicted octanol–water partition coefficient (Wildman–Crippen LogP) is 6.99. The summed E-state index contributed by atoms with van der Waals surface area (Å²) < 4.78 is 23.2. The van der Waals surface area contributed by atoms with E-state index in [9.17, 15) is 4.39 Å². The molecule has 0 aliphatic rings. The van der Waals surface area contributed by atoms with E-state index < -0.39 is 6.36 Å². The minimum Gasteiger partial charge on any atom is -0.466 e. The fraction of sp³-hybridized carbons (Fsp3) is 0.0833. The third-order valence-electron chi connectivity index (χ3n) is 4.18. The first-order valence-corrected chi connectivity index (χ1v) is 8.84. The second kappa shape index (κ2) is 8.44. The highest BCUT2D eigenvalue weighted by molar-refractivity contribution is 5.90. The van der Waals surface area contributed by atoms with Gasteiger partial charge in [-0.05, 0) is 58.8 Å². The molecule has 28 heavy (non-hydrogen) atoms. The van der Waals surface area contributed by atoms with Gasteiger partial charge in [0.05, 0.1) is 6.26 Å². The molecular weight excluding hydrogens is 353 g/mol. The van der Waals surface area contributed by atoms with Gasteiger partial charge in [-0.3, -0.25) is 0 Å². The van der Waals surface area contributed by atoms with Crippen LogP contribution in [0.3, 0.4) is 0 Å². The van der Waals surface area contributed by atoms with E-state index in [1.807, 2.05) is 48.5 Å². The topological polar surface area (TPSA) is 30.5 Å². The highest BCUT2D eigenvalue weighted by atomic mass is 19.1. The third kappa shape index (κ3) is 4.60. The van der Waals surface area contributed by atoms with E-state index in [4.69, 9.17) is 9.47 Å². The predicted molar refractivity (Wildman–Crippen MR) is 117 cm³/mol. The van der Waals surface area contributed by atoms with Gasteiger partial charge >= 0.3 is 0 Å². The lowest BCUT2D eigenvalue weighted by Crippen LogP contribution is -2.03. The molecule has 3 rings (SSSR count). The standard InChI is InChI=1S/C24H22FNO2.H2/c1-5-27-17(3)21-7-6-20-8-11-23(15-22(20)14-21)26-16(2)19-9-12-24(13-10-19)28-18(4)25;/h5-15,18,26H,1-3H2,4H3;1H. The lowest BCUT2D eigenvalue weighted by molar-refractivity contribution is 0.0860. The van der Waals surface area contributed by atoms with Gasteiger partial charge in [-0.2, -0.15) is 0 Å². The summed E-state index contributed by atoms with van der Waals surface area (Å²) in [7, 11) is 0. The number of hydrogen-bond donors (Lipinski definition) is 1. The van der Waals surface area contributed by atoms with Crippen LogP contribution in [0.25, 0.3) is 22.2 Å². The van der Waals surface area contributed by atoms with Gasteiger partial charge in [0.15, 0.2) is 0 Å². The Morgan fingerprint density at radius 1 is 1.00 bits per heavy atom. The minimum absolute atomic E-state index is 0. The van der Waals surface area contributed by atoms with Crippen LogP contribution in [-0.4, -0.2) is 6.36 Å². The number of fused-ring (bicyclic) bond motifs is 1. The van der Waals surface area contributed by atoms with Crippen molar-refractivity contribution in [1.29, 1.82) is 0 Å². The van der Waals surface area contributed by atoms with Crippen molar-refractivity contribution in [3.05, 3.63) is 97.8 Å². The Labute approximate surface area is 165 Å². The number of hydrogen-bond acceptors (Lipinski definition) is 3. The van der Waals surface area contributed by atoms with Crippen molar-refractivity contribution in [3.63, 3.8) is 0 Å². The van der Waals surface area contributed by atoms with Gasteiger partial charge in [-0.1, -0.05) is 37.9 Å². The van der Waals surface area contributed by atoms with Crippen LogP contribution in [0.15, 0.2) is 86.7 Å². The van der Waals surface area contributed by atoms with E-state index >= 15 is 0 Å².